The summed E-state index contributed by atoms with van der Waals surface area (Å²) in [5, 5.41) is 0. The van der Waals surface area contributed by atoms with Crippen LogP contribution in [0.25, 0.3) is 22.3 Å². The van der Waals surface area contributed by atoms with Crippen molar-refractivity contribution in [1.29, 1.82) is 0 Å². The summed E-state index contributed by atoms with van der Waals surface area (Å²) >= 11 is 0. The van der Waals surface area contributed by atoms with Gasteiger partial charge in [0, 0.05) is 0 Å². The van der Waals surface area contributed by atoms with Crippen LogP contribution in [0.15, 0.2) is 72.8 Å². The molecule has 0 saturated heterocycles. The van der Waals surface area contributed by atoms with Crippen LogP contribution in [0.2, 0.25) is 0 Å². The fraction of sp³-hybridized carbons (Fsp3) is 0.167. The molecule has 0 aliphatic heterocycles. The van der Waals surface area contributed by atoms with Crippen LogP contribution >= 0.6 is 0 Å². The molecule has 0 amide bonds. The van der Waals surface area contributed by atoms with Gasteiger partial charge in [0.05, 0.1) is 0 Å². The SMILES string of the molecule is Cc1ccc2ccc(CCc3ccc4ccc(C)ccc3-4)c-2cc1. The van der Waals surface area contributed by atoms with Crippen molar-refractivity contribution in [3.8, 4) is 22.3 Å². The molecule has 0 spiro atoms. The average Bonchev–Trinajstić information content (AvgIpc) is 3.03. The van der Waals surface area contributed by atoms with Gasteiger partial charge in [0.1, 0.15) is 0 Å². The van der Waals surface area contributed by atoms with Crippen molar-refractivity contribution in [3.05, 3.63) is 95.1 Å². The number of hydrogen-bond acceptors (Lipinski definition) is 0. The van der Waals surface area contributed by atoms with Crippen LogP contribution in [-0.2, 0) is 12.8 Å². The molecule has 0 heteroatoms. The van der Waals surface area contributed by atoms with E-state index in [4.69, 9.17) is 0 Å². The van der Waals surface area contributed by atoms with Gasteiger partial charge >= 0.3 is 0 Å². The van der Waals surface area contributed by atoms with E-state index in [0.717, 1.165) is 12.8 Å². The molecule has 0 aromatic carbocycles. The van der Waals surface area contributed by atoms with E-state index in [2.05, 4.69) is 86.6 Å². The van der Waals surface area contributed by atoms with E-state index in [1.54, 1.807) is 0 Å². The highest BCUT2D eigenvalue weighted by Crippen LogP contribution is 2.31. The van der Waals surface area contributed by atoms with Crippen LogP contribution in [0.1, 0.15) is 22.3 Å². The molecule has 0 atom stereocenters. The third kappa shape index (κ3) is 2.80. The molecule has 0 unspecified atom stereocenters. The monoisotopic (exact) mass is 310 g/mol. The van der Waals surface area contributed by atoms with E-state index in [0.29, 0.717) is 0 Å². The highest BCUT2D eigenvalue weighted by atomic mass is 14.2. The standard InChI is InChI=1S/C24H22/c1-17-3-7-19-9-11-21(23(19)15-5-17)13-14-22-12-10-20-8-4-18(2)6-16-24(20)22/h3-12,15-16H,13-14H2,1-2H3. The lowest BCUT2D eigenvalue weighted by Gasteiger charge is -2.04. The second kappa shape index (κ2) is 6.13. The molecule has 4 aliphatic rings. The first-order valence-electron chi connectivity index (χ1n) is 8.67. The summed E-state index contributed by atoms with van der Waals surface area (Å²) in [5.41, 5.74) is 11.0. The summed E-state index contributed by atoms with van der Waals surface area (Å²) in [4.78, 5) is 0. The molecular weight excluding hydrogens is 288 g/mol. The molecule has 0 N–H and O–H groups in total. The molecule has 4 aliphatic carbocycles. The smallest absolute Gasteiger partial charge is 0.0152 e. The summed E-state index contributed by atoms with van der Waals surface area (Å²) in [6, 6.07) is 26.9. The second-order valence-electron chi connectivity index (χ2n) is 6.78. The molecule has 24 heavy (non-hydrogen) atoms. The average molecular weight is 310 g/mol. The first kappa shape index (κ1) is 15.0. The minimum absolute atomic E-state index is 1.09. The minimum atomic E-state index is 1.09. The van der Waals surface area contributed by atoms with Crippen molar-refractivity contribution in [3.63, 3.8) is 0 Å². The van der Waals surface area contributed by atoms with E-state index in [1.807, 2.05) is 0 Å². The molecule has 0 aromatic rings. The molecule has 0 aromatic heterocycles. The Morgan fingerprint density at radius 1 is 0.458 bits per heavy atom. The number of rotatable bonds is 3. The van der Waals surface area contributed by atoms with Gasteiger partial charge in [0.25, 0.3) is 0 Å². The maximum Gasteiger partial charge on any atom is -0.0152 e. The number of fused-ring (bicyclic) bond motifs is 2. The number of hydrogen-bond donors (Lipinski definition) is 0. The van der Waals surface area contributed by atoms with Crippen LogP contribution in [0.3, 0.4) is 0 Å². The quantitative estimate of drug-likeness (QED) is 0.416. The third-order valence-corrected chi connectivity index (χ3v) is 4.98. The van der Waals surface area contributed by atoms with Gasteiger partial charge in [-0.1, -0.05) is 83.9 Å². The Hall–Kier alpha value is -2.60. The zero-order valence-electron chi connectivity index (χ0n) is 14.3. The van der Waals surface area contributed by atoms with E-state index in [9.17, 15) is 0 Å². The van der Waals surface area contributed by atoms with Crippen LogP contribution in [0, 0.1) is 13.8 Å². The van der Waals surface area contributed by atoms with E-state index in [-0.39, 0.29) is 0 Å². The van der Waals surface area contributed by atoms with Gasteiger partial charge in [-0.25, -0.2) is 0 Å². The van der Waals surface area contributed by atoms with Gasteiger partial charge in [-0.2, -0.15) is 0 Å². The topological polar surface area (TPSA) is 0 Å². The lowest BCUT2D eigenvalue weighted by atomic mass is 10.0. The summed E-state index contributed by atoms with van der Waals surface area (Å²) in [6.45, 7) is 4.30. The van der Waals surface area contributed by atoms with Crippen LogP contribution in [-0.4, -0.2) is 0 Å². The van der Waals surface area contributed by atoms with E-state index < -0.39 is 0 Å². The Labute approximate surface area is 144 Å². The lowest BCUT2D eigenvalue weighted by molar-refractivity contribution is 0.974. The zero-order valence-corrected chi connectivity index (χ0v) is 14.3. The van der Waals surface area contributed by atoms with Gasteiger partial charge in [0.15, 0.2) is 0 Å². The van der Waals surface area contributed by atoms with Crippen LogP contribution in [0.4, 0.5) is 0 Å². The Morgan fingerprint density at radius 3 is 1.29 bits per heavy atom. The van der Waals surface area contributed by atoms with Gasteiger partial charge in [-0.15, -0.1) is 0 Å². The van der Waals surface area contributed by atoms with Crippen molar-refractivity contribution in [2.75, 3.05) is 0 Å². The van der Waals surface area contributed by atoms with Crippen molar-refractivity contribution in [2.24, 2.45) is 0 Å². The normalized spacial score (nSPS) is 11.2. The summed E-state index contributed by atoms with van der Waals surface area (Å²) in [7, 11) is 0. The van der Waals surface area contributed by atoms with E-state index >= 15 is 0 Å². The Bertz CT molecular complexity index is 854. The molecule has 0 heterocycles. The first-order chi connectivity index (χ1) is 11.7. The van der Waals surface area contributed by atoms with Crippen molar-refractivity contribution >= 4 is 0 Å². The summed E-state index contributed by atoms with van der Waals surface area (Å²) in [6.07, 6.45) is 2.17. The largest absolute Gasteiger partial charge is 0.0587 e. The minimum Gasteiger partial charge on any atom is -0.0587 e. The maximum absolute atomic E-state index is 2.29. The van der Waals surface area contributed by atoms with Crippen molar-refractivity contribution < 1.29 is 0 Å². The maximum atomic E-state index is 2.29. The Morgan fingerprint density at radius 2 is 0.833 bits per heavy atom. The molecule has 0 nitrogen and oxygen atoms in total. The fourth-order valence-electron chi connectivity index (χ4n) is 3.50. The van der Waals surface area contributed by atoms with Gasteiger partial charge < -0.3 is 0 Å². The molecule has 4 rings (SSSR count). The highest BCUT2D eigenvalue weighted by Gasteiger charge is 2.11. The van der Waals surface area contributed by atoms with Crippen molar-refractivity contribution in [1.82, 2.24) is 0 Å². The molecule has 0 saturated carbocycles. The third-order valence-electron chi connectivity index (χ3n) is 4.98. The molecule has 0 fully saturated rings. The first-order valence-corrected chi connectivity index (χ1v) is 8.67. The van der Waals surface area contributed by atoms with Crippen molar-refractivity contribution in [2.45, 2.75) is 26.7 Å². The Kier molecular flexibility index (Phi) is 3.82. The Balaban J connectivity index is 1.61. The van der Waals surface area contributed by atoms with Crippen LogP contribution < -0.4 is 0 Å². The number of aryl methyl sites for hydroxylation is 4. The zero-order chi connectivity index (χ0) is 16.5. The molecule has 0 radical (unpaired) electrons. The van der Waals surface area contributed by atoms with Gasteiger partial charge in [0.2, 0.25) is 0 Å². The van der Waals surface area contributed by atoms with Gasteiger partial charge in [-0.3, -0.25) is 0 Å². The highest BCUT2D eigenvalue weighted by molar-refractivity contribution is 5.72. The van der Waals surface area contributed by atoms with E-state index in [1.165, 1.54) is 44.5 Å². The molecule has 0 bridgehead atoms. The second-order valence-corrected chi connectivity index (χ2v) is 6.78. The summed E-state index contributed by atoms with van der Waals surface area (Å²) in [5.74, 6) is 0. The lowest BCUT2D eigenvalue weighted by Crippen LogP contribution is -1.90. The molecule has 118 valence electrons. The fourth-order valence-corrected chi connectivity index (χ4v) is 3.50. The van der Waals surface area contributed by atoms with Crippen LogP contribution in [0.5, 0.6) is 0 Å². The summed E-state index contributed by atoms with van der Waals surface area (Å²) < 4.78 is 0. The predicted octanol–water partition coefficient (Wildman–Crippen LogP) is 6.30. The predicted molar refractivity (Wildman–Crippen MR) is 103 cm³/mol. The van der Waals surface area contributed by atoms with Gasteiger partial charge in [-0.05, 0) is 60.1 Å². The molecular formula is C24H22.